The van der Waals surface area contributed by atoms with Gasteiger partial charge in [-0.15, -0.1) is 0 Å². The third-order valence-corrected chi connectivity index (χ3v) is 3.60. The van der Waals surface area contributed by atoms with Crippen LogP contribution in [-0.2, 0) is 6.54 Å². The van der Waals surface area contributed by atoms with Gasteiger partial charge >= 0.3 is 0 Å². The van der Waals surface area contributed by atoms with Crippen molar-refractivity contribution in [3.63, 3.8) is 0 Å². The molecule has 0 aliphatic carbocycles. The number of hydrogen-bond acceptors (Lipinski definition) is 3. The van der Waals surface area contributed by atoms with Gasteiger partial charge in [0.1, 0.15) is 5.75 Å². The molecule has 0 fully saturated rings. The second-order valence-electron chi connectivity index (χ2n) is 4.55. The summed E-state index contributed by atoms with van der Waals surface area (Å²) in [7, 11) is 0. The summed E-state index contributed by atoms with van der Waals surface area (Å²) in [6.07, 6.45) is 0. The fraction of sp³-hybridized carbons (Fsp3) is 0.133. The van der Waals surface area contributed by atoms with Crippen LogP contribution in [0.25, 0.3) is 0 Å². The molecule has 0 aromatic heterocycles. The van der Waals surface area contributed by atoms with E-state index in [1.165, 1.54) is 6.07 Å². The van der Waals surface area contributed by atoms with Gasteiger partial charge in [0.2, 0.25) is 0 Å². The van der Waals surface area contributed by atoms with Crippen LogP contribution in [0.15, 0.2) is 40.9 Å². The Morgan fingerprint density at radius 1 is 1.30 bits per heavy atom. The summed E-state index contributed by atoms with van der Waals surface area (Å²) >= 11 is 3.35. The van der Waals surface area contributed by atoms with Gasteiger partial charge in [-0.1, -0.05) is 11.6 Å². The molecule has 0 unspecified atom stereocenters. The molecular formula is C15H15BrN2O2. The molecule has 20 heavy (non-hydrogen) atoms. The summed E-state index contributed by atoms with van der Waals surface area (Å²) in [4.78, 5) is 12.1. The number of aromatic hydroxyl groups is 1. The lowest BCUT2D eigenvalue weighted by Gasteiger charge is -2.09. The second kappa shape index (κ2) is 5.96. The molecule has 104 valence electrons. The number of hydrogen-bond donors (Lipinski definition) is 3. The van der Waals surface area contributed by atoms with E-state index in [4.69, 9.17) is 5.73 Å². The van der Waals surface area contributed by atoms with E-state index in [0.717, 1.165) is 10.0 Å². The van der Waals surface area contributed by atoms with Crippen LogP contribution < -0.4 is 11.1 Å². The number of nitrogens with one attached hydrogen (secondary N) is 1. The average molecular weight is 335 g/mol. The van der Waals surface area contributed by atoms with Gasteiger partial charge in [0.05, 0.1) is 5.56 Å². The predicted molar refractivity (Wildman–Crippen MR) is 82.6 cm³/mol. The Bertz CT molecular complexity index is 656. The third kappa shape index (κ3) is 3.30. The lowest BCUT2D eigenvalue weighted by Crippen LogP contribution is -2.23. The van der Waals surface area contributed by atoms with Crippen molar-refractivity contribution in [2.24, 2.45) is 0 Å². The van der Waals surface area contributed by atoms with Crippen LogP contribution in [0.5, 0.6) is 5.75 Å². The highest BCUT2D eigenvalue weighted by molar-refractivity contribution is 9.10. The molecule has 1 amide bonds. The molecule has 0 saturated carbocycles. The van der Waals surface area contributed by atoms with E-state index >= 15 is 0 Å². The van der Waals surface area contributed by atoms with Crippen molar-refractivity contribution in [1.82, 2.24) is 5.32 Å². The average Bonchev–Trinajstić information content (AvgIpc) is 2.42. The highest BCUT2D eigenvalue weighted by Gasteiger charge is 2.11. The summed E-state index contributed by atoms with van der Waals surface area (Å²) in [5.41, 5.74) is 8.36. The molecule has 0 radical (unpaired) electrons. The van der Waals surface area contributed by atoms with Gasteiger partial charge in [0, 0.05) is 22.3 Å². The highest BCUT2D eigenvalue weighted by Crippen LogP contribution is 2.21. The largest absolute Gasteiger partial charge is 0.508 e. The van der Waals surface area contributed by atoms with Crippen molar-refractivity contribution in [3.8, 4) is 5.75 Å². The van der Waals surface area contributed by atoms with Crippen molar-refractivity contribution >= 4 is 27.5 Å². The first-order valence-electron chi connectivity index (χ1n) is 6.09. The van der Waals surface area contributed by atoms with Crippen LogP contribution in [0, 0.1) is 6.92 Å². The first-order chi connectivity index (χ1) is 9.47. The van der Waals surface area contributed by atoms with Crippen LogP contribution in [0.1, 0.15) is 21.5 Å². The minimum atomic E-state index is -0.206. The van der Waals surface area contributed by atoms with E-state index in [1.54, 1.807) is 18.2 Å². The van der Waals surface area contributed by atoms with Gasteiger partial charge < -0.3 is 16.2 Å². The molecule has 2 aromatic rings. The first kappa shape index (κ1) is 14.4. The molecule has 0 bridgehead atoms. The fourth-order valence-corrected chi connectivity index (χ4v) is 2.26. The molecule has 4 nitrogen and oxygen atoms in total. The number of anilines is 1. The summed E-state index contributed by atoms with van der Waals surface area (Å²) in [6, 6.07) is 10.3. The van der Waals surface area contributed by atoms with Crippen molar-refractivity contribution in [2.75, 3.05) is 5.73 Å². The summed E-state index contributed by atoms with van der Waals surface area (Å²) < 4.78 is 0.734. The Morgan fingerprint density at radius 2 is 2.05 bits per heavy atom. The van der Waals surface area contributed by atoms with Gasteiger partial charge in [-0.3, -0.25) is 4.79 Å². The molecule has 0 spiro atoms. The quantitative estimate of drug-likeness (QED) is 0.596. The maximum absolute atomic E-state index is 12.1. The second-order valence-corrected chi connectivity index (χ2v) is 5.41. The smallest absolute Gasteiger partial charge is 0.252 e. The van der Waals surface area contributed by atoms with Crippen LogP contribution in [-0.4, -0.2) is 11.0 Å². The third-order valence-electron chi connectivity index (χ3n) is 2.91. The number of halogens is 1. The van der Waals surface area contributed by atoms with Crippen LogP contribution in [0.4, 0.5) is 5.69 Å². The lowest BCUT2D eigenvalue weighted by atomic mass is 10.1. The van der Waals surface area contributed by atoms with Crippen LogP contribution in [0.3, 0.4) is 0 Å². The maximum atomic E-state index is 12.1. The molecule has 0 heterocycles. The monoisotopic (exact) mass is 334 g/mol. The minimum Gasteiger partial charge on any atom is -0.508 e. The summed E-state index contributed by atoms with van der Waals surface area (Å²) in [6.45, 7) is 2.14. The number of amides is 1. The van der Waals surface area contributed by atoms with Crippen LogP contribution >= 0.6 is 15.9 Å². The number of carbonyl (C=O) groups excluding carboxylic acids is 1. The SMILES string of the molecule is Cc1ccc(Br)c(C(=O)NCc2cc(N)ccc2O)c1. The maximum Gasteiger partial charge on any atom is 0.252 e. The van der Waals surface area contributed by atoms with Crippen molar-refractivity contribution in [2.45, 2.75) is 13.5 Å². The van der Waals surface area contributed by atoms with E-state index in [2.05, 4.69) is 21.2 Å². The number of phenolic OH excluding ortho intramolecular Hbond substituents is 1. The van der Waals surface area contributed by atoms with E-state index in [1.807, 2.05) is 19.1 Å². The number of nitrogens with two attached hydrogens (primary N) is 1. The number of rotatable bonds is 3. The zero-order valence-corrected chi connectivity index (χ0v) is 12.6. The number of aryl methyl sites for hydroxylation is 1. The Morgan fingerprint density at radius 3 is 2.80 bits per heavy atom. The molecule has 4 N–H and O–H groups in total. The fourth-order valence-electron chi connectivity index (χ4n) is 1.83. The summed E-state index contributed by atoms with van der Waals surface area (Å²) in [5, 5.41) is 12.5. The van der Waals surface area contributed by atoms with Gasteiger partial charge in [0.25, 0.3) is 5.91 Å². The molecule has 2 aromatic carbocycles. The number of carbonyl (C=O) groups is 1. The highest BCUT2D eigenvalue weighted by atomic mass is 79.9. The topological polar surface area (TPSA) is 75.4 Å². The van der Waals surface area contributed by atoms with Crippen molar-refractivity contribution in [3.05, 3.63) is 57.6 Å². The zero-order valence-electron chi connectivity index (χ0n) is 11.0. The molecule has 0 aliphatic heterocycles. The molecular weight excluding hydrogens is 320 g/mol. The van der Waals surface area contributed by atoms with Crippen LogP contribution in [0.2, 0.25) is 0 Å². The molecule has 2 rings (SSSR count). The van der Waals surface area contributed by atoms with Gasteiger partial charge in [-0.2, -0.15) is 0 Å². The lowest BCUT2D eigenvalue weighted by molar-refractivity contribution is 0.0950. The van der Waals surface area contributed by atoms with E-state index < -0.39 is 0 Å². The number of nitrogen functional groups attached to an aromatic ring is 1. The Labute approximate surface area is 125 Å². The molecule has 0 aliphatic rings. The Balaban J connectivity index is 2.12. The van der Waals surface area contributed by atoms with Gasteiger partial charge in [-0.25, -0.2) is 0 Å². The van der Waals surface area contributed by atoms with Gasteiger partial charge in [0.15, 0.2) is 0 Å². The van der Waals surface area contributed by atoms with E-state index in [-0.39, 0.29) is 18.2 Å². The number of phenols is 1. The normalized spacial score (nSPS) is 10.3. The first-order valence-corrected chi connectivity index (χ1v) is 6.88. The Hall–Kier alpha value is -2.01. The predicted octanol–water partition coefficient (Wildman–Crippen LogP) is 2.98. The van der Waals surface area contributed by atoms with Crippen molar-refractivity contribution in [1.29, 1.82) is 0 Å². The summed E-state index contributed by atoms with van der Waals surface area (Å²) in [5.74, 6) is -0.0924. The molecule has 0 saturated heterocycles. The van der Waals surface area contributed by atoms with Crippen molar-refractivity contribution < 1.29 is 9.90 Å². The minimum absolute atomic E-state index is 0.114. The Kier molecular flexibility index (Phi) is 4.29. The molecule has 0 atom stereocenters. The zero-order chi connectivity index (χ0) is 14.7. The van der Waals surface area contributed by atoms with E-state index in [9.17, 15) is 9.90 Å². The number of benzene rings is 2. The van der Waals surface area contributed by atoms with E-state index in [0.29, 0.717) is 16.8 Å². The van der Waals surface area contributed by atoms with Gasteiger partial charge in [-0.05, 0) is 53.2 Å². The molecule has 5 heteroatoms. The standard InChI is InChI=1S/C15H15BrN2O2/c1-9-2-4-13(16)12(6-9)15(20)18-8-10-7-11(17)3-5-14(10)19/h2-7,19H,8,17H2,1H3,(H,18,20).